The summed E-state index contributed by atoms with van der Waals surface area (Å²) < 4.78 is 1.90. The van der Waals surface area contributed by atoms with Gasteiger partial charge in [0.1, 0.15) is 0 Å². The number of likely N-dealkylation sites (tertiary alicyclic amines) is 5. The van der Waals surface area contributed by atoms with Crippen LogP contribution in [-0.2, 0) is 13.6 Å². The number of nitrogens with zero attached hydrogens (tertiary/aromatic N) is 8. The molecular weight excluding hydrogens is 837 g/mol. The second-order valence-corrected chi connectivity index (χ2v) is 19.8. The molecule has 16 nitrogen and oxygen atoms in total. The summed E-state index contributed by atoms with van der Waals surface area (Å²) in [6.45, 7) is 26.8. The first-order valence-electron chi connectivity index (χ1n) is 27.3. The van der Waals surface area contributed by atoms with Crippen molar-refractivity contribution < 1.29 is 0 Å². The minimum absolute atomic E-state index is 0.439. The van der Waals surface area contributed by atoms with Crippen molar-refractivity contribution >= 4 is 0 Å². The van der Waals surface area contributed by atoms with Crippen molar-refractivity contribution in [1.82, 2.24) is 39.0 Å². The lowest BCUT2D eigenvalue weighted by Gasteiger charge is -2.31. The maximum atomic E-state index is 5.68. The molecule has 5 saturated heterocycles. The fourth-order valence-electron chi connectivity index (χ4n) is 9.54. The molecule has 1 aromatic rings. The van der Waals surface area contributed by atoms with Crippen LogP contribution in [0, 0.1) is 0 Å². The number of piperidine rings is 3. The van der Waals surface area contributed by atoms with Crippen LogP contribution in [0.3, 0.4) is 0 Å². The highest BCUT2D eigenvalue weighted by molar-refractivity contribution is 4.95. The van der Waals surface area contributed by atoms with E-state index in [2.05, 4.69) is 83.2 Å². The maximum Gasteiger partial charge on any atom is 0.0945 e. The third-order valence-electron chi connectivity index (χ3n) is 14.4. The predicted molar refractivity (Wildman–Crippen MR) is 291 cm³/mol. The molecule has 6 heterocycles. The highest BCUT2D eigenvalue weighted by Crippen LogP contribution is 2.17. The smallest absolute Gasteiger partial charge is 0.0945 e. The van der Waals surface area contributed by atoms with Gasteiger partial charge in [-0.25, -0.2) is 4.98 Å². The van der Waals surface area contributed by atoms with Crippen molar-refractivity contribution in [2.24, 2.45) is 52.9 Å². The molecule has 4 unspecified atom stereocenters. The number of nitrogens with two attached hydrogens (primary N) is 8. The van der Waals surface area contributed by atoms with Crippen molar-refractivity contribution in [3.8, 4) is 0 Å². The topological polar surface area (TPSA) is 245 Å². The number of imidazole rings is 1. The van der Waals surface area contributed by atoms with Gasteiger partial charge in [-0.15, -0.1) is 0 Å². The van der Waals surface area contributed by atoms with E-state index in [0.717, 1.165) is 96.3 Å². The Morgan fingerprint density at radius 2 is 1.10 bits per heavy atom. The second kappa shape index (κ2) is 43.4. The summed E-state index contributed by atoms with van der Waals surface area (Å²) >= 11 is 0. The average molecular weight is 954 g/mol. The zero-order chi connectivity index (χ0) is 50.2. The maximum absolute atomic E-state index is 5.68. The normalized spacial score (nSPS) is 25.9. The Bertz CT molecular complexity index is 1140. The van der Waals surface area contributed by atoms with Crippen molar-refractivity contribution in [3.05, 3.63) is 18.2 Å². The Morgan fingerprint density at radius 1 is 0.567 bits per heavy atom. The average Bonchev–Trinajstić information content (AvgIpc) is 4.11. The molecule has 400 valence electrons. The Hall–Kier alpha value is -1.35. The number of hydrogen-bond acceptors (Lipinski definition) is 15. The van der Waals surface area contributed by atoms with Gasteiger partial charge in [-0.05, 0) is 176 Å². The van der Waals surface area contributed by atoms with Gasteiger partial charge >= 0.3 is 0 Å². The van der Waals surface area contributed by atoms with Crippen LogP contribution < -0.4 is 45.9 Å². The minimum Gasteiger partial charge on any atom is -0.337 e. The molecule has 0 bridgehead atoms. The Balaban J connectivity index is 0.000000744. The summed E-state index contributed by atoms with van der Waals surface area (Å²) in [5.74, 6) is 0. The van der Waals surface area contributed by atoms with Gasteiger partial charge in [-0.2, -0.15) is 0 Å². The first kappa shape index (κ1) is 65.7. The monoisotopic (exact) mass is 953 g/mol. The van der Waals surface area contributed by atoms with Crippen molar-refractivity contribution in [3.63, 3.8) is 0 Å². The third-order valence-corrected chi connectivity index (χ3v) is 14.4. The van der Waals surface area contributed by atoms with Gasteiger partial charge in [0, 0.05) is 102 Å². The van der Waals surface area contributed by atoms with Crippen LogP contribution in [0.15, 0.2) is 12.5 Å². The zero-order valence-corrected chi connectivity index (χ0v) is 45.4. The fraction of sp³-hybridized carbons (Fsp3) is 0.941. The van der Waals surface area contributed by atoms with E-state index in [4.69, 9.17) is 45.9 Å². The molecule has 6 aliphatic rings. The van der Waals surface area contributed by atoms with Gasteiger partial charge in [0.05, 0.1) is 12.0 Å². The van der Waals surface area contributed by atoms with E-state index >= 15 is 0 Å². The van der Waals surface area contributed by atoms with Crippen molar-refractivity contribution in [2.45, 2.75) is 180 Å². The number of rotatable bonds is 11. The van der Waals surface area contributed by atoms with Crippen LogP contribution in [-0.4, -0.2) is 201 Å². The van der Waals surface area contributed by atoms with Gasteiger partial charge in [0.25, 0.3) is 0 Å². The standard InChI is InChI=1S/3C7H16N2.C7H15N.2C6H14N2.C6H16N2.C5H9N3/c1-9-5-3-2-4-7(9)6-8;1-2-9-5-3-4-7(9)6-8;8-4-7-9-5-2-1-3-6-9;1-3-7-5-4-6-8(7)2;1-8-4-2-3-6(7)5-8;7-5-1-2-6(8)4-3-5;1-3-8(4-2)6-5-7;1-8-4-7-3-5(8)2-6/h2*7H,2-6,8H2,1H3;1-8H2;7H,3-6H2,1-2H3;6H,2-5,7H2,1H3;5-6H,1-4,7-8H2;3-7H2,1-2H3;3-4H,2,6H2,1H3. The van der Waals surface area contributed by atoms with E-state index in [-0.39, 0.29) is 0 Å². The summed E-state index contributed by atoms with van der Waals surface area (Å²) in [6.07, 6.45) is 25.5. The van der Waals surface area contributed by atoms with Crippen LogP contribution in [0.1, 0.15) is 143 Å². The number of hydrogen-bond donors (Lipinski definition) is 8. The van der Waals surface area contributed by atoms with Crippen LogP contribution in [0.2, 0.25) is 0 Å². The SMILES string of the molecule is CCC1CCCN1C.CCN(CC)CCN.CCN1CCCC1CN.CN1CCCC(N)C1.CN1CCCCC1CN.Cn1cncc1CN.NC1CCC(N)CC1.NCCN1CCCCC1. The molecule has 4 atom stereocenters. The quantitative estimate of drug-likeness (QED) is 0.159. The number of likely N-dealkylation sites (N-methyl/N-ethyl adjacent to an activating group) is 4. The minimum atomic E-state index is 0.439. The number of aromatic nitrogens is 2. The van der Waals surface area contributed by atoms with Gasteiger partial charge in [0.2, 0.25) is 0 Å². The summed E-state index contributed by atoms with van der Waals surface area (Å²) in [6, 6.07) is 3.57. The lowest BCUT2D eigenvalue weighted by atomic mass is 9.93. The van der Waals surface area contributed by atoms with Crippen LogP contribution in [0.4, 0.5) is 0 Å². The van der Waals surface area contributed by atoms with Crippen LogP contribution in [0.25, 0.3) is 0 Å². The lowest BCUT2D eigenvalue weighted by Crippen LogP contribution is -2.41. The zero-order valence-electron chi connectivity index (χ0n) is 45.4. The van der Waals surface area contributed by atoms with Gasteiger partial charge < -0.3 is 74.9 Å². The summed E-state index contributed by atoms with van der Waals surface area (Å²) in [4.78, 5) is 18.2. The Kier molecular flexibility index (Phi) is 42.6. The molecular formula is C51H116N16. The first-order chi connectivity index (χ1) is 32.3. The lowest BCUT2D eigenvalue weighted by molar-refractivity contribution is 0.191. The first-order valence-corrected chi connectivity index (χ1v) is 27.3. The molecule has 0 spiro atoms. The largest absolute Gasteiger partial charge is 0.337 e. The highest BCUT2D eigenvalue weighted by atomic mass is 15.2. The van der Waals surface area contributed by atoms with E-state index in [9.17, 15) is 0 Å². The molecule has 0 radical (unpaired) electrons. The second-order valence-electron chi connectivity index (χ2n) is 19.8. The van der Waals surface area contributed by atoms with E-state index in [1.807, 2.05) is 11.6 Å². The molecule has 6 fully saturated rings. The number of aryl methyl sites for hydroxylation is 1. The molecule has 5 aliphatic heterocycles. The van der Waals surface area contributed by atoms with Crippen molar-refractivity contribution in [1.29, 1.82) is 0 Å². The highest BCUT2D eigenvalue weighted by Gasteiger charge is 2.21. The van der Waals surface area contributed by atoms with Crippen LogP contribution in [0.5, 0.6) is 0 Å². The molecule has 1 aromatic heterocycles. The third kappa shape index (κ3) is 33.0. The molecule has 1 saturated carbocycles. The molecule has 16 heteroatoms. The van der Waals surface area contributed by atoms with E-state index < -0.39 is 0 Å². The van der Waals surface area contributed by atoms with E-state index in [1.165, 1.54) is 129 Å². The molecule has 1 aliphatic carbocycles. The molecule has 7 rings (SSSR count). The Labute approximate surface area is 414 Å². The van der Waals surface area contributed by atoms with Crippen molar-refractivity contribution in [2.75, 3.05) is 126 Å². The van der Waals surface area contributed by atoms with Gasteiger partial charge in [-0.3, -0.25) is 4.90 Å². The van der Waals surface area contributed by atoms with E-state index in [0.29, 0.717) is 36.8 Å². The molecule has 0 amide bonds. The predicted octanol–water partition coefficient (Wildman–Crippen LogP) is 3.20. The summed E-state index contributed by atoms with van der Waals surface area (Å²) in [7, 11) is 8.44. The van der Waals surface area contributed by atoms with Gasteiger partial charge in [0.15, 0.2) is 0 Å². The molecule has 0 aromatic carbocycles. The Morgan fingerprint density at radius 3 is 1.45 bits per heavy atom. The van der Waals surface area contributed by atoms with E-state index in [1.54, 1.807) is 12.5 Å². The fourth-order valence-corrected chi connectivity index (χ4v) is 9.54. The molecule has 16 N–H and O–H groups in total. The van der Waals surface area contributed by atoms with Gasteiger partial charge in [-0.1, -0.05) is 40.5 Å². The summed E-state index contributed by atoms with van der Waals surface area (Å²) in [5, 5.41) is 0. The summed E-state index contributed by atoms with van der Waals surface area (Å²) in [5.41, 5.74) is 45.2. The van der Waals surface area contributed by atoms with Crippen LogP contribution >= 0.6 is 0 Å². The molecule has 67 heavy (non-hydrogen) atoms.